The molecule has 1 amide bonds. The molecule has 0 aliphatic heterocycles. The predicted octanol–water partition coefficient (Wildman–Crippen LogP) is 1.06. The fourth-order valence-corrected chi connectivity index (χ4v) is 1.88. The van der Waals surface area contributed by atoms with Crippen LogP contribution in [0.15, 0.2) is 43.0 Å². The maximum atomic E-state index is 12.3. The van der Waals surface area contributed by atoms with Crippen molar-refractivity contribution < 1.29 is 4.79 Å². The minimum Gasteiger partial charge on any atom is -0.337 e. The molecule has 0 aliphatic rings. The molecule has 0 saturated carbocycles. The van der Waals surface area contributed by atoms with Crippen LogP contribution in [0.3, 0.4) is 0 Å². The largest absolute Gasteiger partial charge is 0.337 e. The van der Waals surface area contributed by atoms with Crippen LogP contribution in [0, 0.1) is 11.8 Å². The summed E-state index contributed by atoms with van der Waals surface area (Å²) in [4.78, 5) is 21.6. The van der Waals surface area contributed by atoms with Crippen molar-refractivity contribution >= 4 is 5.91 Å². The van der Waals surface area contributed by atoms with Crippen LogP contribution < -0.4 is 5.73 Å². The van der Waals surface area contributed by atoms with Crippen LogP contribution in [0.2, 0.25) is 0 Å². The van der Waals surface area contributed by atoms with E-state index in [2.05, 4.69) is 21.8 Å². The lowest BCUT2D eigenvalue weighted by Gasteiger charge is -2.17. The molecule has 0 fully saturated rings. The summed E-state index contributed by atoms with van der Waals surface area (Å²) in [6.07, 6.45) is 4.41. The van der Waals surface area contributed by atoms with Gasteiger partial charge >= 0.3 is 0 Å². The fraction of sp³-hybridized carbons (Fsp3) is 0.188. The summed E-state index contributed by atoms with van der Waals surface area (Å²) in [5.41, 5.74) is 7.72. The number of aromatic nitrogens is 2. The third-order valence-electron chi connectivity index (χ3n) is 2.90. The quantitative estimate of drug-likeness (QED) is 0.853. The van der Waals surface area contributed by atoms with Crippen molar-refractivity contribution in [2.75, 3.05) is 13.6 Å². The van der Waals surface area contributed by atoms with Gasteiger partial charge in [-0.2, -0.15) is 0 Å². The molecule has 1 heterocycles. The lowest BCUT2D eigenvalue weighted by molar-refractivity contribution is 0.0784. The van der Waals surface area contributed by atoms with Crippen molar-refractivity contribution in [3.05, 3.63) is 59.7 Å². The molecular weight excluding hydrogens is 264 g/mol. The standard InChI is InChI=1S/C16H16N4O/c1-20(16(21)15-9-18-12-19-10-15)11-14-6-3-2-5-13(14)7-4-8-17/h2-3,5-6,9-10,12H,8,11,17H2,1H3. The second-order valence-corrected chi connectivity index (χ2v) is 4.45. The molecular formula is C16H16N4O. The molecule has 0 bridgehead atoms. The maximum Gasteiger partial charge on any atom is 0.257 e. The van der Waals surface area contributed by atoms with Gasteiger partial charge in [0, 0.05) is 31.5 Å². The summed E-state index contributed by atoms with van der Waals surface area (Å²) in [5.74, 6) is 5.73. The highest BCUT2D eigenvalue weighted by Crippen LogP contribution is 2.11. The summed E-state index contributed by atoms with van der Waals surface area (Å²) in [7, 11) is 1.74. The Hall–Kier alpha value is -2.71. The van der Waals surface area contributed by atoms with Gasteiger partial charge in [0.05, 0.1) is 12.1 Å². The predicted molar refractivity (Wildman–Crippen MR) is 80.2 cm³/mol. The lowest BCUT2D eigenvalue weighted by Crippen LogP contribution is -2.26. The van der Waals surface area contributed by atoms with Gasteiger partial charge in [0.25, 0.3) is 5.91 Å². The van der Waals surface area contributed by atoms with Gasteiger partial charge in [-0.15, -0.1) is 0 Å². The van der Waals surface area contributed by atoms with Crippen LogP contribution in [-0.2, 0) is 6.54 Å². The van der Waals surface area contributed by atoms with Crippen LogP contribution in [0.25, 0.3) is 0 Å². The maximum absolute atomic E-state index is 12.3. The van der Waals surface area contributed by atoms with Crippen molar-refractivity contribution in [3.63, 3.8) is 0 Å². The highest BCUT2D eigenvalue weighted by atomic mass is 16.2. The minimum absolute atomic E-state index is 0.128. The van der Waals surface area contributed by atoms with Crippen LogP contribution in [0.5, 0.6) is 0 Å². The molecule has 2 N–H and O–H groups in total. The number of carbonyl (C=O) groups excluding carboxylic acids is 1. The van der Waals surface area contributed by atoms with Gasteiger partial charge in [0.15, 0.2) is 0 Å². The lowest BCUT2D eigenvalue weighted by atomic mass is 10.1. The van der Waals surface area contributed by atoms with Crippen LogP contribution in [0.1, 0.15) is 21.5 Å². The van der Waals surface area contributed by atoms with E-state index in [-0.39, 0.29) is 5.91 Å². The molecule has 2 aromatic rings. The molecule has 0 spiro atoms. The Labute approximate surface area is 123 Å². The molecule has 0 saturated heterocycles. The molecule has 21 heavy (non-hydrogen) atoms. The Morgan fingerprint density at radius 3 is 2.71 bits per heavy atom. The Kier molecular flexibility index (Phi) is 5.02. The molecule has 0 unspecified atom stereocenters. The van der Waals surface area contributed by atoms with E-state index in [1.807, 2.05) is 24.3 Å². The van der Waals surface area contributed by atoms with Gasteiger partial charge in [-0.05, 0) is 11.6 Å². The van der Waals surface area contributed by atoms with Crippen molar-refractivity contribution in [2.24, 2.45) is 5.73 Å². The van der Waals surface area contributed by atoms with Crippen LogP contribution in [0.4, 0.5) is 0 Å². The van der Waals surface area contributed by atoms with Gasteiger partial charge < -0.3 is 10.6 Å². The van der Waals surface area contributed by atoms with Gasteiger partial charge in [-0.25, -0.2) is 9.97 Å². The van der Waals surface area contributed by atoms with Crippen molar-refractivity contribution in [1.29, 1.82) is 0 Å². The van der Waals surface area contributed by atoms with Gasteiger partial charge in [-0.1, -0.05) is 30.0 Å². The first-order valence-electron chi connectivity index (χ1n) is 6.49. The molecule has 2 rings (SSSR count). The smallest absolute Gasteiger partial charge is 0.257 e. The van der Waals surface area contributed by atoms with Gasteiger partial charge in [0.1, 0.15) is 6.33 Å². The number of amides is 1. The highest BCUT2D eigenvalue weighted by molar-refractivity contribution is 5.93. The SMILES string of the molecule is CN(Cc1ccccc1C#CCN)C(=O)c1cncnc1. The first kappa shape index (κ1) is 14.7. The zero-order valence-corrected chi connectivity index (χ0v) is 11.8. The summed E-state index contributed by atoms with van der Waals surface area (Å²) >= 11 is 0. The first-order valence-corrected chi connectivity index (χ1v) is 6.49. The number of rotatable bonds is 3. The zero-order valence-electron chi connectivity index (χ0n) is 11.8. The van der Waals surface area contributed by atoms with E-state index in [9.17, 15) is 4.79 Å². The number of hydrogen-bond donors (Lipinski definition) is 1. The normalized spacial score (nSPS) is 9.62. The second-order valence-electron chi connectivity index (χ2n) is 4.45. The number of nitrogens with two attached hydrogens (primary N) is 1. The second kappa shape index (κ2) is 7.17. The topological polar surface area (TPSA) is 72.1 Å². The number of benzene rings is 1. The number of hydrogen-bond acceptors (Lipinski definition) is 4. The van der Waals surface area contributed by atoms with Crippen molar-refractivity contribution in [1.82, 2.24) is 14.9 Å². The number of carbonyl (C=O) groups is 1. The van der Waals surface area contributed by atoms with E-state index < -0.39 is 0 Å². The highest BCUT2D eigenvalue weighted by Gasteiger charge is 2.13. The van der Waals surface area contributed by atoms with E-state index in [0.29, 0.717) is 18.7 Å². The monoisotopic (exact) mass is 280 g/mol. The van der Waals surface area contributed by atoms with E-state index in [1.165, 1.54) is 18.7 Å². The molecule has 0 radical (unpaired) electrons. The molecule has 5 heteroatoms. The average Bonchev–Trinajstić information content (AvgIpc) is 2.54. The van der Waals surface area contributed by atoms with Crippen LogP contribution in [-0.4, -0.2) is 34.4 Å². The Bertz CT molecular complexity index is 673. The number of nitrogens with zero attached hydrogens (tertiary/aromatic N) is 3. The van der Waals surface area contributed by atoms with Crippen LogP contribution >= 0.6 is 0 Å². The third kappa shape index (κ3) is 3.88. The average molecular weight is 280 g/mol. The molecule has 106 valence electrons. The zero-order chi connectivity index (χ0) is 15.1. The summed E-state index contributed by atoms with van der Waals surface area (Å²) in [5, 5.41) is 0. The summed E-state index contributed by atoms with van der Waals surface area (Å²) in [6, 6.07) is 7.71. The summed E-state index contributed by atoms with van der Waals surface area (Å²) in [6.45, 7) is 0.771. The third-order valence-corrected chi connectivity index (χ3v) is 2.90. The molecule has 1 aromatic heterocycles. The Morgan fingerprint density at radius 1 is 1.29 bits per heavy atom. The summed E-state index contributed by atoms with van der Waals surface area (Å²) < 4.78 is 0. The molecule has 5 nitrogen and oxygen atoms in total. The Morgan fingerprint density at radius 2 is 2.00 bits per heavy atom. The van der Waals surface area contributed by atoms with E-state index in [4.69, 9.17) is 5.73 Å². The fourth-order valence-electron chi connectivity index (χ4n) is 1.88. The van der Waals surface area contributed by atoms with E-state index in [0.717, 1.165) is 11.1 Å². The Balaban J connectivity index is 2.16. The van der Waals surface area contributed by atoms with E-state index in [1.54, 1.807) is 11.9 Å². The van der Waals surface area contributed by atoms with Crippen molar-refractivity contribution in [3.8, 4) is 11.8 Å². The molecule has 1 aromatic carbocycles. The van der Waals surface area contributed by atoms with E-state index >= 15 is 0 Å². The van der Waals surface area contributed by atoms with Gasteiger partial charge in [0.2, 0.25) is 0 Å². The molecule has 0 aliphatic carbocycles. The minimum atomic E-state index is -0.128. The first-order chi connectivity index (χ1) is 10.2. The van der Waals surface area contributed by atoms with Gasteiger partial charge in [-0.3, -0.25) is 4.79 Å². The molecule has 0 atom stereocenters. The van der Waals surface area contributed by atoms with Crippen molar-refractivity contribution in [2.45, 2.75) is 6.54 Å².